The Morgan fingerprint density at radius 2 is 2.05 bits per heavy atom. The van der Waals surface area contributed by atoms with Crippen LogP contribution in [0.1, 0.15) is 30.5 Å². The number of aromatic nitrogens is 2. The summed E-state index contributed by atoms with van der Waals surface area (Å²) in [6.45, 7) is 2.72. The zero-order chi connectivity index (χ0) is 15.7. The van der Waals surface area contributed by atoms with Gasteiger partial charge in [0.05, 0.1) is 0 Å². The van der Waals surface area contributed by atoms with Crippen LogP contribution in [-0.4, -0.2) is 56.7 Å². The zero-order valence-corrected chi connectivity index (χ0v) is 14.0. The van der Waals surface area contributed by atoms with E-state index in [9.17, 15) is 8.42 Å². The minimum atomic E-state index is -3.59. The van der Waals surface area contributed by atoms with Crippen LogP contribution in [0.25, 0.3) is 0 Å². The molecule has 21 heavy (non-hydrogen) atoms. The Morgan fingerprint density at radius 1 is 1.38 bits per heavy atom. The predicted molar refractivity (Wildman–Crippen MR) is 81.5 cm³/mol. The molecule has 1 saturated carbocycles. The zero-order valence-electron chi connectivity index (χ0n) is 13.2. The molecular weight excluding hydrogens is 290 g/mol. The van der Waals surface area contributed by atoms with Gasteiger partial charge in [-0.2, -0.15) is 5.10 Å². The summed E-state index contributed by atoms with van der Waals surface area (Å²) in [6, 6.07) is 0. The fourth-order valence-electron chi connectivity index (χ4n) is 2.70. The van der Waals surface area contributed by atoms with E-state index < -0.39 is 10.0 Å². The molecule has 1 aliphatic rings. The van der Waals surface area contributed by atoms with Crippen molar-refractivity contribution in [3.8, 4) is 0 Å². The molecule has 120 valence electrons. The Balaban J connectivity index is 2.16. The lowest BCUT2D eigenvalue weighted by Crippen LogP contribution is -2.57. The average Bonchev–Trinajstić information content (AvgIpc) is 2.70. The van der Waals surface area contributed by atoms with E-state index in [1.165, 1.54) is 0 Å². The van der Waals surface area contributed by atoms with Gasteiger partial charge in [0.15, 0.2) is 5.03 Å². The van der Waals surface area contributed by atoms with Crippen molar-refractivity contribution in [3.63, 3.8) is 0 Å². The maximum Gasteiger partial charge on any atom is 0.260 e. The second-order valence-corrected chi connectivity index (χ2v) is 7.64. The summed E-state index contributed by atoms with van der Waals surface area (Å²) in [6.07, 6.45) is 3.18. The number of sulfonamides is 1. The molecule has 0 bridgehead atoms. The number of nitrogens with zero attached hydrogens (tertiary/aromatic N) is 2. The van der Waals surface area contributed by atoms with Crippen molar-refractivity contribution < 1.29 is 8.42 Å². The van der Waals surface area contributed by atoms with Gasteiger partial charge in [-0.25, -0.2) is 13.1 Å². The number of nitrogens with one attached hydrogen (secondary N) is 3. The third kappa shape index (κ3) is 3.13. The van der Waals surface area contributed by atoms with Crippen molar-refractivity contribution in [2.75, 3.05) is 27.7 Å². The third-order valence-corrected chi connectivity index (χ3v) is 5.84. The SMILES string of the molecule is CNCc1c(S(=O)(=O)NCC2(N(C)C)CCC2)n[nH]c1C. The van der Waals surface area contributed by atoms with E-state index in [1.807, 2.05) is 21.0 Å². The molecular formula is C13H25N5O2S. The monoisotopic (exact) mass is 315 g/mol. The first-order valence-corrected chi connectivity index (χ1v) is 8.66. The maximum atomic E-state index is 12.5. The van der Waals surface area contributed by atoms with Crippen LogP contribution in [0.15, 0.2) is 5.03 Å². The molecule has 0 aliphatic heterocycles. The molecule has 2 rings (SSSR count). The largest absolute Gasteiger partial charge is 0.316 e. The minimum Gasteiger partial charge on any atom is -0.316 e. The summed E-state index contributed by atoms with van der Waals surface area (Å²) in [5, 5.41) is 9.80. The van der Waals surface area contributed by atoms with Gasteiger partial charge in [0.2, 0.25) is 0 Å². The van der Waals surface area contributed by atoms with Gasteiger partial charge >= 0.3 is 0 Å². The van der Waals surface area contributed by atoms with Crippen molar-refractivity contribution >= 4 is 10.0 Å². The molecule has 1 aromatic rings. The lowest BCUT2D eigenvalue weighted by molar-refractivity contribution is 0.0656. The average molecular weight is 315 g/mol. The van der Waals surface area contributed by atoms with Gasteiger partial charge < -0.3 is 10.2 Å². The Labute approximate surface area is 126 Å². The van der Waals surface area contributed by atoms with E-state index in [0.29, 0.717) is 18.7 Å². The maximum absolute atomic E-state index is 12.5. The first-order chi connectivity index (χ1) is 9.82. The standard InChI is InChI=1S/C13H25N5O2S/c1-10-11(8-14-2)12(17-16-10)21(19,20)15-9-13(18(3)4)6-5-7-13/h14-15H,5-9H2,1-4H3,(H,16,17). The lowest BCUT2D eigenvalue weighted by atomic mass is 9.76. The van der Waals surface area contributed by atoms with Gasteiger partial charge in [0.25, 0.3) is 10.0 Å². The summed E-state index contributed by atoms with van der Waals surface area (Å²) in [4.78, 5) is 2.11. The van der Waals surface area contributed by atoms with Gasteiger partial charge in [-0.15, -0.1) is 0 Å². The lowest BCUT2D eigenvalue weighted by Gasteiger charge is -2.47. The van der Waals surface area contributed by atoms with Crippen molar-refractivity contribution in [3.05, 3.63) is 11.3 Å². The molecule has 0 saturated heterocycles. The summed E-state index contributed by atoms with van der Waals surface area (Å²) in [5.74, 6) is 0. The Morgan fingerprint density at radius 3 is 2.52 bits per heavy atom. The number of aryl methyl sites for hydroxylation is 1. The molecule has 8 heteroatoms. The van der Waals surface area contributed by atoms with Gasteiger partial charge in [-0.3, -0.25) is 5.10 Å². The van der Waals surface area contributed by atoms with Crippen LogP contribution < -0.4 is 10.0 Å². The Bertz CT molecular complexity index is 590. The fourth-order valence-corrected chi connectivity index (χ4v) is 4.01. The van der Waals surface area contributed by atoms with Gasteiger partial charge in [0, 0.05) is 29.9 Å². The van der Waals surface area contributed by atoms with Crippen LogP contribution in [0.5, 0.6) is 0 Å². The first-order valence-electron chi connectivity index (χ1n) is 7.18. The molecule has 0 aromatic carbocycles. The first kappa shape index (κ1) is 16.4. The highest BCUT2D eigenvalue weighted by atomic mass is 32.2. The number of H-pyrrole nitrogens is 1. The van der Waals surface area contributed by atoms with Crippen LogP contribution >= 0.6 is 0 Å². The number of aromatic amines is 1. The highest BCUT2D eigenvalue weighted by Gasteiger charge is 2.40. The topological polar surface area (TPSA) is 90.1 Å². The molecule has 0 unspecified atom stereocenters. The molecule has 0 radical (unpaired) electrons. The molecule has 1 fully saturated rings. The van der Waals surface area contributed by atoms with E-state index in [2.05, 4.69) is 25.1 Å². The van der Waals surface area contributed by atoms with Crippen LogP contribution in [0.4, 0.5) is 0 Å². The number of hydrogen-bond acceptors (Lipinski definition) is 5. The van der Waals surface area contributed by atoms with Crippen LogP contribution in [0, 0.1) is 6.92 Å². The Kier molecular flexibility index (Phi) is 4.72. The quantitative estimate of drug-likeness (QED) is 0.669. The van der Waals surface area contributed by atoms with Crippen LogP contribution in [-0.2, 0) is 16.6 Å². The second-order valence-electron chi connectivity index (χ2n) is 5.96. The summed E-state index contributed by atoms with van der Waals surface area (Å²) in [7, 11) is 2.19. The molecule has 1 aromatic heterocycles. The molecule has 0 atom stereocenters. The van der Waals surface area contributed by atoms with E-state index in [-0.39, 0.29) is 10.6 Å². The molecule has 0 amide bonds. The summed E-state index contributed by atoms with van der Waals surface area (Å²) in [5.41, 5.74) is 1.41. The third-order valence-electron chi connectivity index (χ3n) is 4.47. The van der Waals surface area contributed by atoms with Crippen LogP contribution in [0.3, 0.4) is 0 Å². The number of likely N-dealkylation sites (N-methyl/N-ethyl adjacent to an activating group) is 1. The van der Waals surface area contributed by atoms with Crippen LogP contribution in [0.2, 0.25) is 0 Å². The predicted octanol–water partition coefficient (Wildman–Crippen LogP) is 0.200. The summed E-state index contributed by atoms with van der Waals surface area (Å²) < 4.78 is 27.8. The minimum absolute atomic E-state index is 0.0540. The molecule has 1 heterocycles. The Hall–Kier alpha value is -0.960. The van der Waals surface area contributed by atoms with E-state index in [4.69, 9.17) is 0 Å². The molecule has 3 N–H and O–H groups in total. The normalized spacial score (nSPS) is 18.0. The van der Waals surface area contributed by atoms with Crippen molar-refractivity contribution in [1.29, 1.82) is 0 Å². The molecule has 1 aliphatic carbocycles. The second kappa shape index (κ2) is 6.04. The van der Waals surface area contributed by atoms with Crippen molar-refractivity contribution in [1.82, 2.24) is 25.1 Å². The van der Waals surface area contributed by atoms with Crippen molar-refractivity contribution in [2.45, 2.75) is 43.3 Å². The van der Waals surface area contributed by atoms with E-state index in [1.54, 1.807) is 7.05 Å². The highest BCUT2D eigenvalue weighted by molar-refractivity contribution is 7.89. The van der Waals surface area contributed by atoms with Crippen molar-refractivity contribution in [2.24, 2.45) is 0 Å². The van der Waals surface area contributed by atoms with E-state index >= 15 is 0 Å². The van der Waals surface area contributed by atoms with Gasteiger partial charge in [0.1, 0.15) is 0 Å². The highest BCUT2D eigenvalue weighted by Crippen LogP contribution is 2.35. The van der Waals surface area contributed by atoms with Gasteiger partial charge in [-0.1, -0.05) is 0 Å². The number of rotatable bonds is 7. The summed E-state index contributed by atoms with van der Waals surface area (Å²) >= 11 is 0. The molecule has 7 nitrogen and oxygen atoms in total. The number of hydrogen-bond donors (Lipinski definition) is 3. The fraction of sp³-hybridized carbons (Fsp3) is 0.769. The molecule has 0 spiro atoms. The van der Waals surface area contributed by atoms with E-state index in [0.717, 1.165) is 25.0 Å². The smallest absolute Gasteiger partial charge is 0.260 e. The van der Waals surface area contributed by atoms with Gasteiger partial charge in [-0.05, 0) is 47.3 Å².